The highest BCUT2D eigenvalue weighted by atomic mass is 16.2. The van der Waals surface area contributed by atoms with Gasteiger partial charge in [-0.15, -0.1) is 5.10 Å². The highest BCUT2D eigenvalue weighted by molar-refractivity contribution is 5.94. The molecule has 5 rings (SSSR count). The summed E-state index contributed by atoms with van der Waals surface area (Å²) in [6.45, 7) is 3.30. The van der Waals surface area contributed by atoms with E-state index < -0.39 is 0 Å². The Labute approximate surface area is 180 Å². The Balaban J connectivity index is 1.36. The fraction of sp³-hybridized carbons (Fsp3) is 0.364. The third kappa shape index (κ3) is 4.02. The molecule has 2 N–H and O–H groups in total. The first kappa shape index (κ1) is 19.3. The van der Waals surface area contributed by atoms with Gasteiger partial charge >= 0.3 is 0 Å². The van der Waals surface area contributed by atoms with Gasteiger partial charge in [0.05, 0.1) is 11.9 Å². The molecule has 3 aromatic rings. The molecule has 2 aliphatic rings. The number of hydrogen-bond donors (Lipinski definition) is 2. The number of piperazine rings is 1. The zero-order valence-corrected chi connectivity index (χ0v) is 17.4. The molecule has 0 bridgehead atoms. The number of nitrogens with zero attached hydrogens (tertiary/aromatic N) is 6. The van der Waals surface area contributed by atoms with Gasteiger partial charge in [0.15, 0.2) is 17.2 Å². The number of rotatable bonds is 5. The Morgan fingerprint density at radius 1 is 1.16 bits per heavy atom. The van der Waals surface area contributed by atoms with Gasteiger partial charge in [0.25, 0.3) is 5.91 Å². The van der Waals surface area contributed by atoms with Crippen LogP contribution in [0.25, 0.3) is 5.65 Å². The molecule has 1 amide bonds. The van der Waals surface area contributed by atoms with Crippen molar-refractivity contribution in [1.82, 2.24) is 24.4 Å². The summed E-state index contributed by atoms with van der Waals surface area (Å²) in [6, 6.07) is 11.9. The summed E-state index contributed by atoms with van der Waals surface area (Å²) in [5.41, 5.74) is 3.37. The molecule has 0 atom stereocenters. The summed E-state index contributed by atoms with van der Waals surface area (Å²) in [5.74, 6) is 0.662. The lowest BCUT2D eigenvalue weighted by Gasteiger charge is -2.32. The van der Waals surface area contributed by atoms with E-state index in [4.69, 9.17) is 0 Å². The first-order chi connectivity index (χ1) is 15.1. The number of benzene rings is 1. The molecule has 9 nitrogen and oxygen atoms in total. The first-order valence-corrected chi connectivity index (χ1v) is 10.5. The second kappa shape index (κ2) is 7.89. The molecule has 9 heteroatoms. The topological polar surface area (TPSA) is 102 Å². The number of carbonyl (C=O) groups is 1. The largest absolute Gasteiger partial charge is 0.379 e. The van der Waals surface area contributed by atoms with Gasteiger partial charge in [-0.25, -0.2) is 4.98 Å². The van der Waals surface area contributed by atoms with Gasteiger partial charge in [0.1, 0.15) is 6.07 Å². The lowest BCUT2D eigenvalue weighted by Crippen LogP contribution is -2.47. The fourth-order valence-corrected chi connectivity index (χ4v) is 3.70. The van der Waals surface area contributed by atoms with Crippen LogP contribution >= 0.6 is 0 Å². The second-order valence-corrected chi connectivity index (χ2v) is 8.15. The lowest BCUT2D eigenvalue weighted by atomic mass is 10.1. The number of anilines is 3. The molecule has 158 valence electrons. The number of hydrogen-bond acceptors (Lipinski definition) is 7. The molecule has 3 heterocycles. The summed E-state index contributed by atoms with van der Waals surface area (Å²) in [7, 11) is 2.07. The van der Waals surface area contributed by atoms with Crippen molar-refractivity contribution in [3.63, 3.8) is 0 Å². The average Bonchev–Trinajstić information content (AvgIpc) is 3.50. The van der Waals surface area contributed by atoms with Gasteiger partial charge in [-0.05, 0) is 44.2 Å². The highest BCUT2D eigenvalue weighted by Gasteiger charge is 2.23. The molecule has 1 aromatic carbocycles. The molecule has 31 heavy (non-hydrogen) atoms. The minimum atomic E-state index is 0.0622. The van der Waals surface area contributed by atoms with Gasteiger partial charge in [0.2, 0.25) is 0 Å². The number of nitrogens with one attached hydrogen (secondary N) is 2. The number of nitriles is 1. The van der Waals surface area contributed by atoms with Gasteiger partial charge in [-0.3, -0.25) is 4.79 Å². The average molecular weight is 416 g/mol. The fourth-order valence-electron chi connectivity index (χ4n) is 3.70. The van der Waals surface area contributed by atoms with Crippen molar-refractivity contribution in [2.24, 2.45) is 0 Å². The Morgan fingerprint density at radius 3 is 2.58 bits per heavy atom. The minimum absolute atomic E-state index is 0.0622. The number of amides is 1. The molecular formula is C22H24N8O. The van der Waals surface area contributed by atoms with Crippen molar-refractivity contribution in [2.75, 3.05) is 43.9 Å². The van der Waals surface area contributed by atoms with E-state index in [0.717, 1.165) is 50.4 Å². The molecule has 2 aromatic heterocycles. The number of imidazole rings is 1. The summed E-state index contributed by atoms with van der Waals surface area (Å²) < 4.78 is 1.55. The number of likely N-dealkylation sites (N-methyl/N-ethyl adjacent to an activating group) is 1. The van der Waals surface area contributed by atoms with Crippen LogP contribution in [0.5, 0.6) is 0 Å². The predicted molar refractivity (Wildman–Crippen MR) is 117 cm³/mol. The number of carbonyl (C=O) groups excluding carboxylic acids is 1. The normalized spacial score (nSPS) is 16.8. The molecule has 1 saturated carbocycles. The quantitative estimate of drug-likeness (QED) is 0.658. The smallest absolute Gasteiger partial charge is 0.253 e. The Morgan fingerprint density at radius 2 is 1.90 bits per heavy atom. The highest BCUT2D eigenvalue weighted by Crippen LogP contribution is 2.29. The second-order valence-electron chi connectivity index (χ2n) is 8.15. The standard InChI is InChI=1S/C22H24N8O/c1-28-8-10-29(11-9-28)22(31)15-2-4-17(5-3-15)26-20-12-19(25-16-6-7-16)21-24-14-18(13-23)30(21)27-20/h2-5,12,14,16,25H,6-11H2,1H3,(H,26,27). The molecule has 0 spiro atoms. The van der Waals surface area contributed by atoms with E-state index in [2.05, 4.69) is 38.7 Å². The zero-order chi connectivity index (χ0) is 21.4. The molecule has 0 radical (unpaired) electrons. The molecule has 1 saturated heterocycles. The van der Waals surface area contributed by atoms with Crippen molar-refractivity contribution >= 4 is 28.7 Å². The van der Waals surface area contributed by atoms with Crippen LogP contribution in [0.3, 0.4) is 0 Å². The maximum absolute atomic E-state index is 12.7. The van der Waals surface area contributed by atoms with E-state index in [-0.39, 0.29) is 5.91 Å². The predicted octanol–water partition coefficient (Wildman–Crippen LogP) is 2.31. The van der Waals surface area contributed by atoms with Crippen LogP contribution < -0.4 is 10.6 Å². The van der Waals surface area contributed by atoms with E-state index in [1.807, 2.05) is 35.2 Å². The number of fused-ring (bicyclic) bond motifs is 1. The molecular weight excluding hydrogens is 392 g/mol. The van der Waals surface area contributed by atoms with Crippen LogP contribution in [0, 0.1) is 11.3 Å². The first-order valence-electron chi connectivity index (χ1n) is 10.5. The van der Waals surface area contributed by atoms with Crippen molar-refractivity contribution in [2.45, 2.75) is 18.9 Å². The van der Waals surface area contributed by atoms with Crippen molar-refractivity contribution < 1.29 is 4.79 Å². The zero-order valence-electron chi connectivity index (χ0n) is 17.4. The Kier molecular flexibility index (Phi) is 4.92. The van der Waals surface area contributed by atoms with E-state index in [0.29, 0.717) is 28.8 Å². The molecule has 1 aliphatic heterocycles. The van der Waals surface area contributed by atoms with Crippen molar-refractivity contribution in [1.29, 1.82) is 5.26 Å². The third-order valence-corrected chi connectivity index (χ3v) is 5.71. The molecule has 2 fully saturated rings. The Bertz CT molecular complexity index is 1150. The van der Waals surface area contributed by atoms with Gasteiger partial charge < -0.3 is 20.4 Å². The summed E-state index contributed by atoms with van der Waals surface area (Å²) in [6.07, 6.45) is 3.79. The SMILES string of the molecule is CN1CCN(C(=O)c2ccc(Nc3cc(NC4CC4)c4ncc(C#N)n4n3)cc2)CC1. The number of aromatic nitrogens is 3. The van der Waals surface area contributed by atoms with Crippen LogP contribution in [0.15, 0.2) is 36.5 Å². The lowest BCUT2D eigenvalue weighted by molar-refractivity contribution is 0.0664. The maximum Gasteiger partial charge on any atom is 0.253 e. The monoisotopic (exact) mass is 416 g/mol. The third-order valence-electron chi connectivity index (χ3n) is 5.71. The van der Waals surface area contributed by atoms with Gasteiger partial charge in [-0.1, -0.05) is 0 Å². The Hall–Kier alpha value is -3.64. The van der Waals surface area contributed by atoms with Crippen molar-refractivity contribution in [3.8, 4) is 6.07 Å². The molecule has 0 unspecified atom stereocenters. The van der Waals surface area contributed by atoms with Crippen LogP contribution in [0.2, 0.25) is 0 Å². The summed E-state index contributed by atoms with van der Waals surface area (Å²) in [5, 5.41) is 20.6. The minimum Gasteiger partial charge on any atom is -0.379 e. The van der Waals surface area contributed by atoms with E-state index in [1.165, 1.54) is 6.20 Å². The summed E-state index contributed by atoms with van der Waals surface area (Å²) >= 11 is 0. The van der Waals surface area contributed by atoms with E-state index in [1.54, 1.807) is 4.52 Å². The summed E-state index contributed by atoms with van der Waals surface area (Å²) in [4.78, 5) is 21.2. The molecule has 1 aliphatic carbocycles. The van der Waals surface area contributed by atoms with E-state index >= 15 is 0 Å². The maximum atomic E-state index is 12.7. The van der Waals surface area contributed by atoms with Crippen LogP contribution in [-0.2, 0) is 0 Å². The van der Waals surface area contributed by atoms with Gasteiger partial charge in [0, 0.05) is 49.5 Å². The van der Waals surface area contributed by atoms with Crippen LogP contribution in [0.1, 0.15) is 28.9 Å². The van der Waals surface area contributed by atoms with Crippen LogP contribution in [0.4, 0.5) is 17.2 Å². The van der Waals surface area contributed by atoms with Crippen LogP contribution in [-0.4, -0.2) is 69.6 Å². The van der Waals surface area contributed by atoms with Crippen molar-refractivity contribution in [3.05, 3.63) is 47.8 Å². The van der Waals surface area contributed by atoms with Gasteiger partial charge in [-0.2, -0.15) is 9.78 Å². The van der Waals surface area contributed by atoms with E-state index in [9.17, 15) is 10.1 Å².